The van der Waals surface area contributed by atoms with Crippen molar-refractivity contribution in [2.45, 2.75) is 18.2 Å². The maximum atomic E-state index is 12.3. The Balaban J connectivity index is 2.21. The maximum Gasteiger partial charge on any atom is 0.242 e. The number of nitrogens with zero attached hydrogens (tertiary/aromatic N) is 1. The SMILES string of the molecule is CC1CC1CN(C)S(=O)(=O)c1ccc(Br)c(N)c1. The third-order valence-electron chi connectivity index (χ3n) is 3.44. The molecule has 1 aliphatic carbocycles. The Morgan fingerprint density at radius 2 is 2.11 bits per heavy atom. The number of benzene rings is 1. The molecule has 2 rings (SSSR count). The van der Waals surface area contributed by atoms with Gasteiger partial charge in [-0.1, -0.05) is 6.92 Å². The van der Waals surface area contributed by atoms with Gasteiger partial charge >= 0.3 is 0 Å². The minimum Gasteiger partial charge on any atom is -0.398 e. The molecular formula is C12H17BrN2O2S. The largest absolute Gasteiger partial charge is 0.398 e. The van der Waals surface area contributed by atoms with E-state index >= 15 is 0 Å². The highest BCUT2D eigenvalue weighted by atomic mass is 79.9. The van der Waals surface area contributed by atoms with Crippen LogP contribution in [-0.2, 0) is 10.0 Å². The van der Waals surface area contributed by atoms with Gasteiger partial charge in [0.25, 0.3) is 0 Å². The van der Waals surface area contributed by atoms with E-state index in [0.29, 0.717) is 28.5 Å². The van der Waals surface area contributed by atoms with Crippen molar-refractivity contribution in [3.05, 3.63) is 22.7 Å². The van der Waals surface area contributed by atoms with Gasteiger partial charge in [0.15, 0.2) is 0 Å². The van der Waals surface area contributed by atoms with Crippen molar-refractivity contribution < 1.29 is 8.42 Å². The van der Waals surface area contributed by atoms with E-state index in [4.69, 9.17) is 5.73 Å². The van der Waals surface area contributed by atoms with Gasteiger partial charge in [0.2, 0.25) is 10.0 Å². The van der Waals surface area contributed by atoms with E-state index in [1.165, 1.54) is 10.4 Å². The van der Waals surface area contributed by atoms with Crippen LogP contribution >= 0.6 is 15.9 Å². The average molecular weight is 333 g/mol. The molecule has 0 aliphatic heterocycles. The molecule has 1 aliphatic rings. The van der Waals surface area contributed by atoms with Crippen molar-refractivity contribution in [3.63, 3.8) is 0 Å². The van der Waals surface area contributed by atoms with Gasteiger partial charge in [0.05, 0.1) is 4.90 Å². The summed E-state index contributed by atoms with van der Waals surface area (Å²) in [6.45, 7) is 2.72. The second kappa shape index (κ2) is 4.83. The van der Waals surface area contributed by atoms with Crippen LogP contribution in [0.25, 0.3) is 0 Å². The Morgan fingerprint density at radius 3 is 2.61 bits per heavy atom. The van der Waals surface area contributed by atoms with Gasteiger partial charge in [0.1, 0.15) is 0 Å². The third kappa shape index (κ3) is 2.70. The fraction of sp³-hybridized carbons (Fsp3) is 0.500. The van der Waals surface area contributed by atoms with Crippen molar-refractivity contribution >= 4 is 31.6 Å². The number of rotatable bonds is 4. The highest BCUT2D eigenvalue weighted by Crippen LogP contribution is 2.38. The van der Waals surface area contributed by atoms with E-state index < -0.39 is 10.0 Å². The molecule has 2 atom stereocenters. The van der Waals surface area contributed by atoms with E-state index in [-0.39, 0.29) is 4.90 Å². The number of anilines is 1. The zero-order chi connectivity index (χ0) is 13.5. The molecule has 1 saturated carbocycles. The number of sulfonamides is 1. The molecule has 2 unspecified atom stereocenters. The highest BCUT2D eigenvalue weighted by molar-refractivity contribution is 9.10. The van der Waals surface area contributed by atoms with Crippen LogP contribution in [0.3, 0.4) is 0 Å². The van der Waals surface area contributed by atoms with Gasteiger partial charge in [0, 0.05) is 23.8 Å². The summed E-state index contributed by atoms with van der Waals surface area (Å²) >= 11 is 3.26. The van der Waals surface area contributed by atoms with Crippen LogP contribution in [-0.4, -0.2) is 26.3 Å². The summed E-state index contributed by atoms with van der Waals surface area (Å²) in [7, 11) is -1.80. The molecule has 100 valence electrons. The van der Waals surface area contributed by atoms with Crippen molar-refractivity contribution in [1.82, 2.24) is 4.31 Å². The Kier molecular flexibility index (Phi) is 3.71. The first-order valence-corrected chi connectivity index (χ1v) is 8.07. The van der Waals surface area contributed by atoms with E-state index in [1.807, 2.05) is 0 Å². The standard InChI is InChI=1S/C12H17BrN2O2S/c1-8-5-9(8)7-15(2)18(16,17)10-3-4-11(13)12(14)6-10/h3-4,6,8-9H,5,7,14H2,1-2H3. The topological polar surface area (TPSA) is 63.4 Å². The number of hydrogen-bond donors (Lipinski definition) is 1. The Bertz CT molecular complexity index is 559. The normalized spacial score (nSPS) is 23.3. The lowest BCUT2D eigenvalue weighted by molar-refractivity contribution is 0.444. The molecular weight excluding hydrogens is 316 g/mol. The van der Waals surface area contributed by atoms with Crippen LogP contribution in [0.2, 0.25) is 0 Å². The second-order valence-corrected chi connectivity index (χ2v) is 7.84. The van der Waals surface area contributed by atoms with Crippen LogP contribution in [0, 0.1) is 11.8 Å². The lowest BCUT2D eigenvalue weighted by atomic mass is 10.3. The molecule has 1 fully saturated rings. The summed E-state index contributed by atoms with van der Waals surface area (Å²) in [4.78, 5) is 0.249. The van der Waals surface area contributed by atoms with Gasteiger partial charge in [-0.25, -0.2) is 12.7 Å². The smallest absolute Gasteiger partial charge is 0.242 e. The van der Waals surface area contributed by atoms with Crippen molar-refractivity contribution in [2.75, 3.05) is 19.3 Å². The summed E-state index contributed by atoms with van der Waals surface area (Å²) in [5, 5.41) is 0. The summed E-state index contributed by atoms with van der Waals surface area (Å²) in [6, 6.07) is 4.73. The molecule has 0 spiro atoms. The first kappa shape index (κ1) is 13.8. The van der Waals surface area contributed by atoms with Crippen molar-refractivity contribution in [2.24, 2.45) is 11.8 Å². The van der Waals surface area contributed by atoms with Gasteiger partial charge < -0.3 is 5.73 Å². The molecule has 0 amide bonds. The quantitative estimate of drug-likeness (QED) is 0.860. The molecule has 0 bridgehead atoms. The average Bonchev–Trinajstić information content (AvgIpc) is 2.98. The maximum absolute atomic E-state index is 12.3. The molecule has 4 nitrogen and oxygen atoms in total. The third-order valence-corrected chi connectivity index (χ3v) is 5.98. The zero-order valence-electron chi connectivity index (χ0n) is 10.4. The second-order valence-electron chi connectivity index (χ2n) is 4.94. The molecule has 2 N–H and O–H groups in total. The van der Waals surface area contributed by atoms with E-state index in [0.717, 1.165) is 6.42 Å². The molecule has 0 aromatic heterocycles. The van der Waals surface area contributed by atoms with Crippen LogP contribution in [0.4, 0.5) is 5.69 Å². The predicted molar refractivity (Wildman–Crippen MR) is 75.6 cm³/mol. The fourth-order valence-corrected chi connectivity index (χ4v) is 3.45. The lowest BCUT2D eigenvalue weighted by Gasteiger charge is -2.17. The van der Waals surface area contributed by atoms with Crippen LogP contribution < -0.4 is 5.73 Å². The first-order chi connectivity index (χ1) is 8.32. The summed E-state index contributed by atoms with van der Waals surface area (Å²) in [5.41, 5.74) is 6.16. The summed E-state index contributed by atoms with van der Waals surface area (Å²) in [5.74, 6) is 1.13. The van der Waals surface area contributed by atoms with Crippen LogP contribution in [0.15, 0.2) is 27.6 Å². The van der Waals surface area contributed by atoms with Crippen LogP contribution in [0.1, 0.15) is 13.3 Å². The first-order valence-electron chi connectivity index (χ1n) is 5.83. The van der Waals surface area contributed by atoms with Crippen LogP contribution in [0.5, 0.6) is 0 Å². The van der Waals surface area contributed by atoms with Gasteiger partial charge in [-0.05, 0) is 52.4 Å². The molecule has 6 heteroatoms. The fourth-order valence-electron chi connectivity index (χ4n) is 1.94. The molecule has 1 aromatic carbocycles. The van der Waals surface area contributed by atoms with E-state index in [9.17, 15) is 8.42 Å². The Hall–Kier alpha value is -0.590. The van der Waals surface area contributed by atoms with E-state index in [1.54, 1.807) is 19.2 Å². The number of nitrogens with two attached hydrogens (primary N) is 1. The Labute approximate surface area is 116 Å². The number of hydrogen-bond acceptors (Lipinski definition) is 3. The molecule has 0 saturated heterocycles. The van der Waals surface area contributed by atoms with E-state index in [2.05, 4.69) is 22.9 Å². The summed E-state index contributed by atoms with van der Waals surface area (Å²) in [6.07, 6.45) is 1.11. The lowest BCUT2D eigenvalue weighted by Crippen LogP contribution is -2.29. The van der Waals surface area contributed by atoms with Crippen molar-refractivity contribution in [3.8, 4) is 0 Å². The zero-order valence-corrected chi connectivity index (χ0v) is 12.8. The predicted octanol–water partition coefficient (Wildman–Crippen LogP) is 2.31. The van der Waals surface area contributed by atoms with Gasteiger partial charge in [-0.3, -0.25) is 0 Å². The van der Waals surface area contributed by atoms with Gasteiger partial charge in [-0.2, -0.15) is 0 Å². The minimum absolute atomic E-state index is 0.249. The molecule has 1 aromatic rings. The molecule has 0 heterocycles. The molecule has 0 radical (unpaired) electrons. The van der Waals surface area contributed by atoms with Crippen molar-refractivity contribution in [1.29, 1.82) is 0 Å². The minimum atomic E-state index is -3.42. The Morgan fingerprint density at radius 1 is 1.50 bits per heavy atom. The monoisotopic (exact) mass is 332 g/mol. The summed E-state index contributed by atoms with van der Waals surface area (Å²) < 4.78 is 26.8. The van der Waals surface area contributed by atoms with Gasteiger partial charge in [-0.15, -0.1) is 0 Å². The highest BCUT2D eigenvalue weighted by Gasteiger charge is 2.36. The number of nitrogen functional groups attached to an aromatic ring is 1. The number of halogens is 1. The molecule has 18 heavy (non-hydrogen) atoms.